The number of aliphatic carboxylic acids is 1. The highest BCUT2D eigenvalue weighted by Gasteiger charge is 2.31. The van der Waals surface area contributed by atoms with E-state index in [0.717, 1.165) is 6.42 Å². The van der Waals surface area contributed by atoms with Crippen LogP contribution in [-0.4, -0.2) is 66.6 Å². The molecule has 1 aromatic carbocycles. The van der Waals surface area contributed by atoms with E-state index in [1.165, 1.54) is 23.1 Å². The third-order valence-corrected chi connectivity index (χ3v) is 4.31. The minimum atomic E-state index is -0.891. The molecule has 24 heavy (non-hydrogen) atoms. The van der Waals surface area contributed by atoms with Gasteiger partial charge in [0.15, 0.2) is 6.61 Å². The van der Waals surface area contributed by atoms with Crippen molar-refractivity contribution >= 4 is 11.9 Å². The van der Waals surface area contributed by atoms with E-state index >= 15 is 0 Å². The number of nitrogens with zero attached hydrogens (tertiary/aromatic N) is 2. The largest absolute Gasteiger partial charge is 0.484 e. The lowest BCUT2D eigenvalue weighted by Gasteiger charge is -2.28. The summed E-state index contributed by atoms with van der Waals surface area (Å²) in [6.45, 7) is 0.392. The summed E-state index contributed by atoms with van der Waals surface area (Å²) in [5, 5.41) is 9.30. The van der Waals surface area contributed by atoms with Crippen LogP contribution in [-0.2, 0) is 9.59 Å². The second-order valence-corrected chi connectivity index (χ2v) is 6.27. The number of hydrogen-bond acceptors (Lipinski definition) is 4. The highest BCUT2D eigenvalue weighted by molar-refractivity contribution is 5.79. The van der Waals surface area contributed by atoms with E-state index in [1.54, 1.807) is 6.07 Å². The molecule has 0 aromatic heterocycles. The Morgan fingerprint density at radius 3 is 2.71 bits per heavy atom. The van der Waals surface area contributed by atoms with Gasteiger partial charge in [-0.1, -0.05) is 6.07 Å². The molecule has 1 heterocycles. The van der Waals surface area contributed by atoms with E-state index in [9.17, 15) is 19.1 Å². The molecule has 132 valence electrons. The van der Waals surface area contributed by atoms with E-state index in [4.69, 9.17) is 4.74 Å². The second kappa shape index (κ2) is 8.10. The lowest BCUT2D eigenvalue weighted by Crippen LogP contribution is -2.44. The molecule has 1 fully saturated rings. The number of carboxylic acids is 1. The average Bonchev–Trinajstić information content (AvgIpc) is 2.76. The van der Waals surface area contributed by atoms with Crippen LogP contribution in [0.2, 0.25) is 0 Å². The predicted octanol–water partition coefficient (Wildman–Crippen LogP) is 1.46. The topological polar surface area (TPSA) is 70.1 Å². The van der Waals surface area contributed by atoms with Gasteiger partial charge in [0.1, 0.15) is 11.6 Å². The number of hydrogen-bond donors (Lipinski definition) is 1. The molecule has 0 bridgehead atoms. The summed E-state index contributed by atoms with van der Waals surface area (Å²) in [4.78, 5) is 27.3. The lowest BCUT2D eigenvalue weighted by atomic mass is 10.0. The summed E-state index contributed by atoms with van der Waals surface area (Å²) in [7, 11) is 3.83. The minimum Gasteiger partial charge on any atom is -0.484 e. The van der Waals surface area contributed by atoms with Gasteiger partial charge in [-0.05, 0) is 39.1 Å². The highest BCUT2D eigenvalue weighted by atomic mass is 19.1. The Morgan fingerprint density at radius 2 is 2.08 bits per heavy atom. The summed E-state index contributed by atoms with van der Waals surface area (Å²) in [5.41, 5.74) is 0. The molecule has 1 N–H and O–H groups in total. The first-order chi connectivity index (χ1) is 11.4. The quantitative estimate of drug-likeness (QED) is 0.880. The van der Waals surface area contributed by atoms with Gasteiger partial charge in [0, 0.05) is 25.2 Å². The van der Waals surface area contributed by atoms with Crippen LogP contribution in [0, 0.1) is 11.7 Å². The molecular weight excluding hydrogens is 315 g/mol. The summed E-state index contributed by atoms with van der Waals surface area (Å²) in [6, 6.07) is 5.68. The predicted molar refractivity (Wildman–Crippen MR) is 86.3 cm³/mol. The first-order valence-electron chi connectivity index (χ1n) is 7.92. The molecule has 2 rings (SSSR count). The molecule has 1 saturated heterocycles. The van der Waals surface area contributed by atoms with Crippen LogP contribution in [0.3, 0.4) is 0 Å². The van der Waals surface area contributed by atoms with Gasteiger partial charge in [0.05, 0.1) is 5.92 Å². The maximum atomic E-state index is 13.1. The standard InChI is InChI=1S/C17H23FN2O4/c1-19(2)14-7-6-12(17(22)23)9-20(10-14)16(21)11-24-15-5-3-4-13(18)8-15/h3-5,8,12,14H,6-7,9-11H2,1-2H3,(H,22,23)/t12-,14+/m0/s1. The number of likely N-dealkylation sites (N-methyl/N-ethyl adjacent to an activating group) is 1. The van der Waals surface area contributed by atoms with Crippen LogP contribution in [0.15, 0.2) is 24.3 Å². The van der Waals surface area contributed by atoms with Crippen molar-refractivity contribution in [2.75, 3.05) is 33.8 Å². The monoisotopic (exact) mass is 338 g/mol. The van der Waals surface area contributed by atoms with Crippen molar-refractivity contribution in [3.05, 3.63) is 30.1 Å². The van der Waals surface area contributed by atoms with E-state index in [1.807, 2.05) is 19.0 Å². The van der Waals surface area contributed by atoms with Crippen LogP contribution in [0.4, 0.5) is 4.39 Å². The van der Waals surface area contributed by atoms with Crippen molar-refractivity contribution in [3.8, 4) is 5.75 Å². The van der Waals surface area contributed by atoms with Gasteiger partial charge >= 0.3 is 5.97 Å². The molecule has 1 aliphatic rings. The van der Waals surface area contributed by atoms with E-state index in [-0.39, 0.29) is 30.9 Å². The number of benzene rings is 1. The van der Waals surface area contributed by atoms with Gasteiger partial charge in [-0.15, -0.1) is 0 Å². The van der Waals surface area contributed by atoms with Crippen molar-refractivity contribution in [3.63, 3.8) is 0 Å². The van der Waals surface area contributed by atoms with E-state index in [2.05, 4.69) is 0 Å². The Labute approximate surface area is 140 Å². The maximum absolute atomic E-state index is 13.1. The fourth-order valence-electron chi connectivity index (χ4n) is 2.79. The zero-order valence-electron chi connectivity index (χ0n) is 13.9. The Hall–Kier alpha value is -2.15. The van der Waals surface area contributed by atoms with Crippen LogP contribution < -0.4 is 4.74 Å². The normalized spacial score (nSPS) is 21.4. The van der Waals surface area contributed by atoms with Crippen molar-refractivity contribution in [1.82, 2.24) is 9.80 Å². The number of carboxylic acid groups (broad SMARTS) is 1. The third-order valence-electron chi connectivity index (χ3n) is 4.31. The molecule has 6 nitrogen and oxygen atoms in total. The minimum absolute atomic E-state index is 0.104. The molecule has 0 radical (unpaired) electrons. The molecular formula is C17H23FN2O4. The number of rotatable bonds is 5. The molecule has 0 aliphatic carbocycles. The zero-order chi connectivity index (χ0) is 17.7. The summed E-state index contributed by atoms with van der Waals surface area (Å²) >= 11 is 0. The zero-order valence-corrected chi connectivity index (χ0v) is 13.9. The van der Waals surface area contributed by atoms with E-state index in [0.29, 0.717) is 13.0 Å². The van der Waals surface area contributed by atoms with Gasteiger partial charge in [0.2, 0.25) is 0 Å². The summed E-state index contributed by atoms with van der Waals surface area (Å²) in [6.07, 6.45) is 1.26. The van der Waals surface area contributed by atoms with Gasteiger partial charge in [0.25, 0.3) is 5.91 Å². The summed E-state index contributed by atoms with van der Waals surface area (Å²) in [5.74, 6) is -1.92. The van der Waals surface area contributed by atoms with E-state index < -0.39 is 17.7 Å². The van der Waals surface area contributed by atoms with Crippen LogP contribution in [0.5, 0.6) is 5.75 Å². The fourth-order valence-corrected chi connectivity index (χ4v) is 2.79. The Morgan fingerprint density at radius 1 is 1.33 bits per heavy atom. The number of carbonyl (C=O) groups excluding carboxylic acids is 1. The van der Waals surface area contributed by atoms with Crippen molar-refractivity contribution in [2.45, 2.75) is 18.9 Å². The third kappa shape index (κ3) is 4.92. The van der Waals surface area contributed by atoms with Gasteiger partial charge in [-0.3, -0.25) is 9.59 Å². The fraction of sp³-hybridized carbons (Fsp3) is 0.529. The van der Waals surface area contributed by atoms with Gasteiger partial charge < -0.3 is 19.6 Å². The molecule has 0 spiro atoms. The molecule has 1 amide bonds. The highest BCUT2D eigenvalue weighted by Crippen LogP contribution is 2.20. The number of amides is 1. The number of ether oxygens (including phenoxy) is 1. The molecule has 1 aliphatic heterocycles. The van der Waals surface area contributed by atoms with Crippen LogP contribution >= 0.6 is 0 Å². The van der Waals surface area contributed by atoms with Gasteiger partial charge in [-0.2, -0.15) is 0 Å². The second-order valence-electron chi connectivity index (χ2n) is 6.27. The Kier molecular flexibility index (Phi) is 6.14. The number of carbonyl (C=O) groups is 2. The van der Waals surface area contributed by atoms with Gasteiger partial charge in [-0.25, -0.2) is 4.39 Å². The SMILES string of the molecule is CN(C)[C@@H]1CC[C@H](C(=O)O)CN(C(=O)COc2cccc(F)c2)C1. The first kappa shape index (κ1) is 18.2. The smallest absolute Gasteiger partial charge is 0.308 e. The number of halogens is 1. The summed E-state index contributed by atoms with van der Waals surface area (Å²) < 4.78 is 18.5. The molecule has 0 unspecified atom stereocenters. The molecule has 0 saturated carbocycles. The number of likely N-dealkylation sites (tertiary alicyclic amines) is 1. The molecule has 2 atom stereocenters. The van der Waals surface area contributed by atoms with Crippen LogP contribution in [0.1, 0.15) is 12.8 Å². The molecule has 1 aromatic rings. The van der Waals surface area contributed by atoms with Crippen molar-refractivity contribution in [2.24, 2.45) is 5.92 Å². The average molecular weight is 338 g/mol. The maximum Gasteiger partial charge on any atom is 0.308 e. The first-order valence-corrected chi connectivity index (χ1v) is 7.92. The molecule has 7 heteroatoms. The lowest BCUT2D eigenvalue weighted by molar-refractivity contribution is -0.143. The Balaban J connectivity index is 2.02. The Bertz CT molecular complexity index is 594. The van der Waals surface area contributed by atoms with Crippen molar-refractivity contribution < 1.29 is 23.8 Å². The van der Waals surface area contributed by atoms with Crippen molar-refractivity contribution in [1.29, 1.82) is 0 Å². The van der Waals surface area contributed by atoms with Crippen LogP contribution in [0.25, 0.3) is 0 Å².